The molecule has 0 saturated heterocycles. The number of ether oxygens (including phenoxy) is 1. The molecule has 9 nitrogen and oxygen atoms in total. The van der Waals surface area contributed by atoms with Crippen molar-refractivity contribution in [2.24, 2.45) is 0 Å². The molecule has 2 amide bonds. The van der Waals surface area contributed by atoms with E-state index in [1.807, 2.05) is 26.8 Å². The van der Waals surface area contributed by atoms with Gasteiger partial charge in [0.05, 0.1) is 0 Å². The highest BCUT2D eigenvalue weighted by Gasteiger charge is 2.15. The number of carbonyl (C=O) groups is 2. The summed E-state index contributed by atoms with van der Waals surface area (Å²) in [5.41, 5.74) is 6.88. The van der Waals surface area contributed by atoms with Gasteiger partial charge in [-0.3, -0.25) is 20.4 Å². The molecule has 1 aromatic carbocycles. The number of aryl methyl sites for hydroxylation is 3. The van der Waals surface area contributed by atoms with E-state index in [1.165, 1.54) is 4.52 Å². The molecule has 0 spiro atoms. The van der Waals surface area contributed by atoms with Gasteiger partial charge < -0.3 is 4.74 Å². The molecule has 0 aliphatic carbocycles. The molecule has 2 heterocycles. The van der Waals surface area contributed by atoms with Gasteiger partial charge >= 0.3 is 5.91 Å². The number of hydrogen-bond donors (Lipinski definition) is 2. The van der Waals surface area contributed by atoms with E-state index in [1.54, 1.807) is 18.2 Å². The zero-order valence-corrected chi connectivity index (χ0v) is 15.7. The van der Waals surface area contributed by atoms with Crippen molar-refractivity contribution in [2.45, 2.75) is 20.8 Å². The van der Waals surface area contributed by atoms with Gasteiger partial charge in [-0.15, -0.1) is 5.10 Å². The van der Waals surface area contributed by atoms with Crippen LogP contribution >= 0.6 is 11.6 Å². The Morgan fingerprint density at radius 1 is 1.15 bits per heavy atom. The van der Waals surface area contributed by atoms with E-state index in [9.17, 15) is 9.59 Å². The minimum atomic E-state index is -0.659. The van der Waals surface area contributed by atoms with Crippen LogP contribution in [-0.2, 0) is 4.79 Å². The first-order valence-electron chi connectivity index (χ1n) is 8.02. The van der Waals surface area contributed by atoms with Crippen LogP contribution in [0.1, 0.15) is 27.6 Å². The van der Waals surface area contributed by atoms with Crippen molar-refractivity contribution in [1.82, 2.24) is 30.4 Å². The lowest BCUT2D eigenvalue weighted by Gasteiger charge is -2.08. The second-order valence-corrected chi connectivity index (χ2v) is 6.30. The molecule has 0 fully saturated rings. The number of hydrazine groups is 1. The summed E-state index contributed by atoms with van der Waals surface area (Å²) in [5, 5.41) is 4.69. The van der Waals surface area contributed by atoms with Gasteiger partial charge in [0.15, 0.2) is 6.61 Å². The van der Waals surface area contributed by atoms with E-state index in [4.69, 9.17) is 16.3 Å². The number of nitrogens with one attached hydrogen (secondary N) is 2. The average Bonchev–Trinajstić information content (AvgIpc) is 3.05. The maximum absolute atomic E-state index is 12.1. The Balaban J connectivity index is 1.56. The Morgan fingerprint density at radius 3 is 2.67 bits per heavy atom. The van der Waals surface area contributed by atoms with Gasteiger partial charge in [0.1, 0.15) is 5.75 Å². The van der Waals surface area contributed by atoms with Gasteiger partial charge in [-0.1, -0.05) is 11.6 Å². The van der Waals surface area contributed by atoms with Crippen LogP contribution in [-0.4, -0.2) is 38.0 Å². The summed E-state index contributed by atoms with van der Waals surface area (Å²) in [5.74, 6) is -0.494. The van der Waals surface area contributed by atoms with Crippen LogP contribution < -0.4 is 15.6 Å². The Hall–Kier alpha value is -3.20. The van der Waals surface area contributed by atoms with E-state index in [-0.39, 0.29) is 12.4 Å². The fourth-order valence-electron chi connectivity index (χ4n) is 2.34. The van der Waals surface area contributed by atoms with Gasteiger partial charge in [-0.05, 0) is 50.6 Å². The van der Waals surface area contributed by atoms with E-state index >= 15 is 0 Å². The molecule has 27 heavy (non-hydrogen) atoms. The summed E-state index contributed by atoms with van der Waals surface area (Å²) in [6.45, 7) is 5.20. The highest BCUT2D eigenvalue weighted by Crippen LogP contribution is 2.20. The molecular weight excluding hydrogens is 372 g/mol. The Bertz CT molecular complexity index is 1030. The molecule has 3 aromatic rings. The van der Waals surface area contributed by atoms with Crippen LogP contribution in [0.3, 0.4) is 0 Å². The number of fused-ring (bicyclic) bond motifs is 1. The fraction of sp³-hybridized carbons (Fsp3) is 0.235. The zero-order chi connectivity index (χ0) is 19.6. The lowest BCUT2D eigenvalue weighted by atomic mass is 10.2. The summed E-state index contributed by atoms with van der Waals surface area (Å²) < 4.78 is 6.81. The molecule has 0 aliphatic heterocycles. The van der Waals surface area contributed by atoms with Gasteiger partial charge in [0.25, 0.3) is 11.7 Å². The quantitative estimate of drug-likeness (QED) is 0.656. The maximum atomic E-state index is 12.1. The van der Waals surface area contributed by atoms with Crippen LogP contribution in [0.2, 0.25) is 5.02 Å². The van der Waals surface area contributed by atoms with Crippen LogP contribution in [0.5, 0.6) is 5.75 Å². The van der Waals surface area contributed by atoms with E-state index in [2.05, 4.69) is 25.9 Å². The summed E-state index contributed by atoms with van der Waals surface area (Å²) in [7, 11) is 0. The highest BCUT2D eigenvalue weighted by atomic mass is 35.5. The number of aromatic nitrogens is 4. The lowest BCUT2D eigenvalue weighted by molar-refractivity contribution is -0.123. The molecule has 0 atom stereocenters. The number of hydrogen-bond acceptors (Lipinski definition) is 6. The van der Waals surface area contributed by atoms with E-state index < -0.39 is 11.8 Å². The van der Waals surface area contributed by atoms with Gasteiger partial charge in [-0.25, -0.2) is 9.50 Å². The van der Waals surface area contributed by atoms with Gasteiger partial charge in [0.2, 0.25) is 5.82 Å². The molecule has 140 valence electrons. The molecule has 0 aliphatic rings. The number of nitrogens with zero attached hydrogens (tertiary/aromatic N) is 4. The van der Waals surface area contributed by atoms with Crippen molar-refractivity contribution in [2.75, 3.05) is 6.61 Å². The first kappa shape index (κ1) is 18.6. The predicted octanol–water partition coefficient (Wildman–Crippen LogP) is 1.54. The Kier molecular flexibility index (Phi) is 5.22. The largest absolute Gasteiger partial charge is 0.484 e. The number of rotatable bonds is 4. The fourth-order valence-corrected chi connectivity index (χ4v) is 2.45. The number of benzene rings is 1. The van der Waals surface area contributed by atoms with Crippen LogP contribution in [0.4, 0.5) is 0 Å². The third-order valence-corrected chi connectivity index (χ3v) is 4.06. The SMILES string of the molecule is Cc1cc(C)n2nc(C(=O)NNC(=O)COc3ccc(Cl)c(C)c3)nc2n1. The Morgan fingerprint density at radius 2 is 1.93 bits per heavy atom. The molecule has 0 bridgehead atoms. The maximum Gasteiger partial charge on any atom is 0.309 e. The topological polar surface area (TPSA) is 111 Å². The van der Waals surface area contributed by atoms with Gasteiger partial charge in [-0.2, -0.15) is 4.98 Å². The summed E-state index contributed by atoms with van der Waals surface area (Å²) in [6.07, 6.45) is 0. The summed E-state index contributed by atoms with van der Waals surface area (Å²) in [4.78, 5) is 32.2. The lowest BCUT2D eigenvalue weighted by Crippen LogP contribution is -2.44. The van der Waals surface area contributed by atoms with Gasteiger partial charge in [0, 0.05) is 16.4 Å². The average molecular weight is 389 g/mol. The van der Waals surface area contributed by atoms with Crippen molar-refractivity contribution in [3.63, 3.8) is 0 Å². The van der Waals surface area contributed by atoms with E-state index in [0.29, 0.717) is 16.5 Å². The smallest absolute Gasteiger partial charge is 0.309 e. The van der Waals surface area contributed by atoms with Crippen molar-refractivity contribution in [3.8, 4) is 5.75 Å². The highest BCUT2D eigenvalue weighted by molar-refractivity contribution is 6.31. The second-order valence-electron chi connectivity index (χ2n) is 5.89. The van der Waals surface area contributed by atoms with Crippen molar-refractivity contribution in [3.05, 3.63) is 52.1 Å². The Labute approximate surface area is 159 Å². The minimum absolute atomic E-state index is 0.106. The molecular formula is C17H17ClN6O3. The molecule has 2 aromatic heterocycles. The number of carbonyl (C=O) groups excluding carboxylic acids is 2. The molecule has 3 rings (SSSR count). The third-order valence-electron chi connectivity index (χ3n) is 3.64. The molecule has 2 N–H and O–H groups in total. The third kappa shape index (κ3) is 4.32. The van der Waals surface area contributed by atoms with Crippen LogP contribution in [0.25, 0.3) is 5.78 Å². The van der Waals surface area contributed by atoms with Crippen LogP contribution in [0, 0.1) is 20.8 Å². The predicted molar refractivity (Wildman–Crippen MR) is 97.5 cm³/mol. The molecule has 0 radical (unpaired) electrons. The molecule has 0 unspecified atom stereocenters. The second kappa shape index (κ2) is 7.58. The molecule has 0 saturated carbocycles. The summed E-state index contributed by atoms with van der Waals surface area (Å²) >= 11 is 5.93. The number of halogens is 1. The minimum Gasteiger partial charge on any atom is -0.484 e. The normalized spacial score (nSPS) is 10.7. The molecule has 10 heteroatoms. The summed E-state index contributed by atoms with van der Waals surface area (Å²) in [6, 6.07) is 6.87. The first-order chi connectivity index (χ1) is 12.8. The van der Waals surface area contributed by atoms with Crippen molar-refractivity contribution in [1.29, 1.82) is 0 Å². The number of amides is 2. The van der Waals surface area contributed by atoms with Crippen LogP contribution in [0.15, 0.2) is 24.3 Å². The van der Waals surface area contributed by atoms with Crippen molar-refractivity contribution >= 4 is 29.2 Å². The zero-order valence-electron chi connectivity index (χ0n) is 14.9. The van der Waals surface area contributed by atoms with Crippen molar-refractivity contribution < 1.29 is 14.3 Å². The first-order valence-corrected chi connectivity index (χ1v) is 8.40. The standard InChI is InChI=1S/C17H17ClN6O3/c1-9-6-12(4-5-13(9)18)27-8-14(25)21-22-16(26)15-20-17-19-10(2)7-11(3)24(17)23-15/h4-7H,8H2,1-3H3,(H,21,25)(H,22,26). The monoisotopic (exact) mass is 388 g/mol. The van der Waals surface area contributed by atoms with E-state index in [0.717, 1.165) is 17.0 Å².